The van der Waals surface area contributed by atoms with E-state index in [0.717, 1.165) is 30.1 Å². The van der Waals surface area contributed by atoms with Crippen molar-refractivity contribution in [2.75, 3.05) is 27.2 Å². The van der Waals surface area contributed by atoms with Crippen molar-refractivity contribution in [2.45, 2.75) is 38.8 Å². The van der Waals surface area contributed by atoms with Crippen LogP contribution in [-0.2, 0) is 16.1 Å². The summed E-state index contributed by atoms with van der Waals surface area (Å²) in [5.41, 5.74) is 1.05. The van der Waals surface area contributed by atoms with Crippen LogP contribution in [0.5, 0.6) is 0 Å². The minimum atomic E-state index is -0.0296. The third-order valence-electron chi connectivity index (χ3n) is 3.84. The van der Waals surface area contributed by atoms with E-state index in [0.29, 0.717) is 19.0 Å². The number of likely N-dealkylation sites (tertiary alicyclic amines) is 1. The van der Waals surface area contributed by atoms with Gasteiger partial charge in [-0.25, -0.2) is 4.98 Å². The quantitative estimate of drug-likeness (QED) is 0.878. The van der Waals surface area contributed by atoms with Crippen LogP contribution in [0.2, 0.25) is 0 Å². The van der Waals surface area contributed by atoms with Crippen molar-refractivity contribution in [3.63, 3.8) is 0 Å². The van der Waals surface area contributed by atoms with Crippen molar-refractivity contribution >= 4 is 23.2 Å². The minimum absolute atomic E-state index is 0.0296. The van der Waals surface area contributed by atoms with E-state index in [9.17, 15) is 9.59 Å². The summed E-state index contributed by atoms with van der Waals surface area (Å²) in [5, 5.41) is 6.60. The highest BCUT2D eigenvalue weighted by molar-refractivity contribution is 7.09. The molecular weight excluding hydrogens is 300 g/mol. The molecular formula is C15H24N4O2S. The first-order chi connectivity index (χ1) is 10.5. The Morgan fingerprint density at radius 1 is 1.50 bits per heavy atom. The van der Waals surface area contributed by atoms with Gasteiger partial charge in [0.05, 0.1) is 6.54 Å². The molecule has 7 heteroatoms. The van der Waals surface area contributed by atoms with Gasteiger partial charge in [0.25, 0.3) is 0 Å². The first-order valence-electron chi connectivity index (χ1n) is 7.58. The van der Waals surface area contributed by atoms with Crippen molar-refractivity contribution in [1.82, 2.24) is 20.1 Å². The van der Waals surface area contributed by atoms with Gasteiger partial charge in [-0.05, 0) is 19.8 Å². The molecule has 0 aliphatic carbocycles. The molecule has 1 aromatic heterocycles. The summed E-state index contributed by atoms with van der Waals surface area (Å²) in [6.07, 6.45) is 2.18. The number of amides is 2. The predicted molar refractivity (Wildman–Crippen MR) is 86.6 cm³/mol. The smallest absolute Gasteiger partial charge is 0.241 e. The second kappa shape index (κ2) is 7.69. The number of carbonyl (C=O) groups excluding carboxylic acids is 2. The lowest BCUT2D eigenvalue weighted by atomic mass is 10.1. The minimum Gasteiger partial charge on any atom is -0.347 e. The Labute approximate surface area is 135 Å². The van der Waals surface area contributed by atoms with Gasteiger partial charge in [-0.1, -0.05) is 0 Å². The van der Waals surface area contributed by atoms with Gasteiger partial charge < -0.3 is 15.1 Å². The summed E-state index contributed by atoms with van der Waals surface area (Å²) in [5.74, 6) is 0.0441. The van der Waals surface area contributed by atoms with Crippen LogP contribution in [0.15, 0.2) is 5.38 Å². The number of aromatic nitrogens is 1. The standard InChI is InChI=1S/C15H24N4O2S/c1-11-10-22-13(17-11)8-16-12-4-5-14(20)19(7-6-12)9-15(21)18(2)3/h10,12,16H,4-9H2,1-3H3. The zero-order valence-corrected chi connectivity index (χ0v) is 14.3. The number of carbonyl (C=O) groups is 2. The highest BCUT2D eigenvalue weighted by atomic mass is 32.1. The number of aryl methyl sites for hydroxylation is 1. The molecule has 1 atom stereocenters. The molecule has 1 aliphatic heterocycles. The summed E-state index contributed by atoms with van der Waals surface area (Å²) < 4.78 is 0. The van der Waals surface area contributed by atoms with E-state index in [2.05, 4.69) is 10.3 Å². The monoisotopic (exact) mass is 324 g/mol. The fourth-order valence-corrected chi connectivity index (χ4v) is 3.15. The molecule has 0 saturated carbocycles. The molecule has 1 unspecified atom stereocenters. The average Bonchev–Trinajstić information content (AvgIpc) is 2.81. The van der Waals surface area contributed by atoms with Crippen LogP contribution < -0.4 is 5.32 Å². The lowest BCUT2D eigenvalue weighted by molar-refractivity contribution is -0.138. The maximum absolute atomic E-state index is 12.1. The number of hydrogen-bond donors (Lipinski definition) is 1. The third-order valence-corrected chi connectivity index (χ3v) is 4.81. The van der Waals surface area contributed by atoms with E-state index >= 15 is 0 Å². The molecule has 1 fully saturated rings. The molecule has 1 aromatic rings. The van der Waals surface area contributed by atoms with E-state index in [4.69, 9.17) is 0 Å². The van der Waals surface area contributed by atoms with Crippen molar-refractivity contribution in [3.8, 4) is 0 Å². The summed E-state index contributed by atoms with van der Waals surface area (Å²) in [6.45, 7) is 3.55. The van der Waals surface area contributed by atoms with Gasteiger partial charge in [-0.15, -0.1) is 11.3 Å². The van der Waals surface area contributed by atoms with Crippen LogP contribution >= 0.6 is 11.3 Å². The zero-order chi connectivity index (χ0) is 16.1. The maximum atomic E-state index is 12.1. The summed E-state index contributed by atoms with van der Waals surface area (Å²) >= 11 is 1.65. The van der Waals surface area contributed by atoms with Crippen LogP contribution in [0.3, 0.4) is 0 Å². The Balaban J connectivity index is 1.83. The second-order valence-electron chi connectivity index (χ2n) is 5.89. The van der Waals surface area contributed by atoms with E-state index in [-0.39, 0.29) is 18.4 Å². The molecule has 122 valence electrons. The van der Waals surface area contributed by atoms with E-state index in [1.807, 2.05) is 12.3 Å². The van der Waals surface area contributed by atoms with Crippen LogP contribution in [0, 0.1) is 6.92 Å². The van der Waals surface area contributed by atoms with Crippen molar-refractivity contribution in [2.24, 2.45) is 0 Å². The Morgan fingerprint density at radius 3 is 2.91 bits per heavy atom. The molecule has 0 bridgehead atoms. The molecule has 0 spiro atoms. The van der Waals surface area contributed by atoms with Crippen molar-refractivity contribution in [1.29, 1.82) is 0 Å². The molecule has 0 aromatic carbocycles. The van der Waals surface area contributed by atoms with Crippen molar-refractivity contribution in [3.05, 3.63) is 16.1 Å². The van der Waals surface area contributed by atoms with Gasteiger partial charge in [-0.2, -0.15) is 0 Å². The first-order valence-corrected chi connectivity index (χ1v) is 8.46. The lowest BCUT2D eigenvalue weighted by Crippen LogP contribution is -2.40. The molecule has 2 heterocycles. The Kier molecular flexibility index (Phi) is 5.90. The molecule has 1 saturated heterocycles. The Hall–Kier alpha value is -1.47. The van der Waals surface area contributed by atoms with Crippen LogP contribution in [0.4, 0.5) is 0 Å². The zero-order valence-electron chi connectivity index (χ0n) is 13.5. The van der Waals surface area contributed by atoms with Gasteiger partial charge in [0.15, 0.2) is 0 Å². The Bertz CT molecular complexity index is 529. The highest BCUT2D eigenvalue weighted by Crippen LogP contribution is 2.14. The van der Waals surface area contributed by atoms with Gasteiger partial charge in [0, 0.05) is 50.7 Å². The molecule has 1 N–H and O–H groups in total. The summed E-state index contributed by atoms with van der Waals surface area (Å²) in [4.78, 5) is 31.5. The number of rotatable bonds is 5. The van der Waals surface area contributed by atoms with Gasteiger partial charge >= 0.3 is 0 Å². The maximum Gasteiger partial charge on any atom is 0.241 e. The van der Waals surface area contributed by atoms with Crippen LogP contribution in [0.25, 0.3) is 0 Å². The third kappa shape index (κ3) is 4.78. The number of nitrogens with zero attached hydrogens (tertiary/aromatic N) is 3. The first kappa shape index (κ1) is 16.9. The average molecular weight is 324 g/mol. The number of thiazole rings is 1. The molecule has 2 rings (SSSR count). The summed E-state index contributed by atoms with van der Waals surface area (Å²) in [7, 11) is 3.43. The molecule has 22 heavy (non-hydrogen) atoms. The molecule has 1 aliphatic rings. The SMILES string of the molecule is Cc1csc(CNC2CCC(=O)N(CC(=O)N(C)C)CC2)n1. The molecule has 2 amide bonds. The second-order valence-corrected chi connectivity index (χ2v) is 6.83. The fourth-order valence-electron chi connectivity index (χ4n) is 2.43. The van der Waals surface area contributed by atoms with Gasteiger partial charge in [0.2, 0.25) is 11.8 Å². The van der Waals surface area contributed by atoms with E-state index < -0.39 is 0 Å². The lowest BCUT2D eigenvalue weighted by Gasteiger charge is -2.22. The number of likely N-dealkylation sites (N-methyl/N-ethyl adjacent to an activating group) is 1. The largest absolute Gasteiger partial charge is 0.347 e. The fraction of sp³-hybridized carbons (Fsp3) is 0.667. The van der Waals surface area contributed by atoms with Crippen LogP contribution in [-0.4, -0.2) is 59.8 Å². The normalized spacial score (nSPS) is 19.1. The topological polar surface area (TPSA) is 65.5 Å². The van der Waals surface area contributed by atoms with Gasteiger partial charge in [0.1, 0.15) is 5.01 Å². The molecule has 6 nitrogen and oxygen atoms in total. The van der Waals surface area contributed by atoms with Crippen molar-refractivity contribution < 1.29 is 9.59 Å². The Morgan fingerprint density at radius 2 is 2.27 bits per heavy atom. The van der Waals surface area contributed by atoms with E-state index in [1.165, 1.54) is 4.90 Å². The summed E-state index contributed by atoms with van der Waals surface area (Å²) in [6, 6.07) is 0.299. The highest BCUT2D eigenvalue weighted by Gasteiger charge is 2.24. The molecule has 0 radical (unpaired) electrons. The van der Waals surface area contributed by atoms with Crippen LogP contribution in [0.1, 0.15) is 30.0 Å². The van der Waals surface area contributed by atoms with Gasteiger partial charge in [-0.3, -0.25) is 9.59 Å². The number of hydrogen-bond acceptors (Lipinski definition) is 5. The van der Waals surface area contributed by atoms with E-state index in [1.54, 1.807) is 30.3 Å². The predicted octanol–water partition coefficient (Wildman–Crippen LogP) is 1.01. The number of nitrogens with one attached hydrogen (secondary N) is 1.